The van der Waals surface area contributed by atoms with Crippen molar-refractivity contribution in [2.45, 2.75) is 26.7 Å². The quantitative estimate of drug-likeness (QED) is 0.702. The fourth-order valence-electron chi connectivity index (χ4n) is 1.55. The van der Waals surface area contributed by atoms with E-state index in [0.717, 1.165) is 26.1 Å². The van der Waals surface area contributed by atoms with Crippen molar-refractivity contribution in [1.82, 2.24) is 0 Å². The molecular formula is C9H16O3. The van der Waals surface area contributed by atoms with Gasteiger partial charge in [-0.1, -0.05) is 0 Å². The van der Waals surface area contributed by atoms with Crippen LogP contribution in [0.4, 0.5) is 0 Å². The van der Waals surface area contributed by atoms with E-state index in [-0.39, 0.29) is 0 Å². The molecule has 70 valence electrons. The number of carboxylic acids is 1. The van der Waals surface area contributed by atoms with Gasteiger partial charge in [0, 0.05) is 13.2 Å². The molecule has 1 aliphatic rings. The molecule has 1 saturated heterocycles. The summed E-state index contributed by atoms with van der Waals surface area (Å²) in [6.07, 6.45) is 1.74. The lowest BCUT2D eigenvalue weighted by Gasteiger charge is -2.21. The topological polar surface area (TPSA) is 46.5 Å². The van der Waals surface area contributed by atoms with Crippen LogP contribution in [0.15, 0.2) is 0 Å². The Hall–Kier alpha value is -0.570. The van der Waals surface area contributed by atoms with Crippen molar-refractivity contribution in [3.05, 3.63) is 0 Å². The molecule has 0 aliphatic carbocycles. The standard InChI is InChI=1S/C9H16O3/c1-9(2,8(10)11)5-7-3-4-12-6-7/h7H,3-6H2,1-2H3,(H,10,11)/t7-/m0/s1. The number of carboxylic acid groups (broad SMARTS) is 1. The van der Waals surface area contributed by atoms with Crippen molar-refractivity contribution in [3.63, 3.8) is 0 Å². The van der Waals surface area contributed by atoms with Crippen LogP contribution < -0.4 is 0 Å². The second-order valence-corrected chi connectivity index (χ2v) is 4.12. The maximum absolute atomic E-state index is 10.8. The van der Waals surface area contributed by atoms with Crippen molar-refractivity contribution in [2.75, 3.05) is 13.2 Å². The molecule has 0 aromatic rings. The normalized spacial score (nSPS) is 24.3. The summed E-state index contributed by atoms with van der Waals surface area (Å²) >= 11 is 0. The highest BCUT2D eigenvalue weighted by molar-refractivity contribution is 5.73. The first-order chi connectivity index (χ1) is 5.52. The van der Waals surface area contributed by atoms with Gasteiger partial charge in [0.15, 0.2) is 0 Å². The molecule has 0 amide bonds. The predicted octanol–water partition coefficient (Wildman–Crippen LogP) is 1.52. The molecule has 1 N–H and O–H groups in total. The highest BCUT2D eigenvalue weighted by Gasteiger charge is 2.31. The van der Waals surface area contributed by atoms with Crippen LogP contribution in [0.2, 0.25) is 0 Å². The van der Waals surface area contributed by atoms with Gasteiger partial charge in [0.1, 0.15) is 0 Å². The van der Waals surface area contributed by atoms with Gasteiger partial charge < -0.3 is 9.84 Å². The van der Waals surface area contributed by atoms with E-state index >= 15 is 0 Å². The average molecular weight is 172 g/mol. The summed E-state index contributed by atoms with van der Waals surface area (Å²) in [5.74, 6) is -0.273. The van der Waals surface area contributed by atoms with E-state index in [2.05, 4.69) is 0 Å². The zero-order chi connectivity index (χ0) is 9.19. The molecule has 0 spiro atoms. The Morgan fingerprint density at radius 2 is 2.33 bits per heavy atom. The Bertz CT molecular complexity index is 169. The lowest BCUT2D eigenvalue weighted by atomic mass is 9.82. The number of hydrogen-bond acceptors (Lipinski definition) is 2. The van der Waals surface area contributed by atoms with Gasteiger partial charge in [-0.15, -0.1) is 0 Å². The second kappa shape index (κ2) is 3.44. The van der Waals surface area contributed by atoms with E-state index in [1.807, 2.05) is 0 Å². The van der Waals surface area contributed by atoms with Crippen molar-refractivity contribution in [3.8, 4) is 0 Å². The Morgan fingerprint density at radius 3 is 2.75 bits per heavy atom. The van der Waals surface area contributed by atoms with Crippen LogP contribution in [0, 0.1) is 11.3 Å². The first-order valence-corrected chi connectivity index (χ1v) is 4.33. The van der Waals surface area contributed by atoms with Gasteiger partial charge in [0.25, 0.3) is 0 Å². The van der Waals surface area contributed by atoms with Crippen LogP contribution in [0.3, 0.4) is 0 Å². The summed E-state index contributed by atoms with van der Waals surface area (Å²) in [6, 6.07) is 0. The van der Waals surface area contributed by atoms with Crippen molar-refractivity contribution >= 4 is 5.97 Å². The van der Waals surface area contributed by atoms with Crippen molar-refractivity contribution < 1.29 is 14.6 Å². The molecule has 3 nitrogen and oxygen atoms in total. The maximum atomic E-state index is 10.8. The molecule has 1 atom stereocenters. The number of hydrogen-bond donors (Lipinski definition) is 1. The van der Waals surface area contributed by atoms with Crippen LogP contribution in [0.5, 0.6) is 0 Å². The Labute approximate surface area is 72.7 Å². The first kappa shape index (κ1) is 9.52. The third-order valence-corrected chi connectivity index (χ3v) is 2.40. The van der Waals surface area contributed by atoms with E-state index in [9.17, 15) is 4.79 Å². The number of ether oxygens (including phenoxy) is 1. The smallest absolute Gasteiger partial charge is 0.309 e. The van der Waals surface area contributed by atoms with Crippen LogP contribution in [-0.2, 0) is 9.53 Å². The van der Waals surface area contributed by atoms with E-state index < -0.39 is 11.4 Å². The van der Waals surface area contributed by atoms with Gasteiger partial charge in [0.2, 0.25) is 0 Å². The molecule has 0 unspecified atom stereocenters. The molecular weight excluding hydrogens is 156 g/mol. The largest absolute Gasteiger partial charge is 0.481 e. The second-order valence-electron chi connectivity index (χ2n) is 4.12. The minimum atomic E-state index is -0.714. The van der Waals surface area contributed by atoms with Crippen LogP contribution in [0.1, 0.15) is 26.7 Å². The zero-order valence-electron chi connectivity index (χ0n) is 7.67. The number of rotatable bonds is 3. The lowest BCUT2D eigenvalue weighted by molar-refractivity contribution is -0.147. The van der Waals surface area contributed by atoms with Crippen LogP contribution >= 0.6 is 0 Å². The molecule has 0 saturated carbocycles. The highest BCUT2D eigenvalue weighted by atomic mass is 16.5. The Kier molecular flexibility index (Phi) is 2.73. The molecule has 1 aliphatic heterocycles. The van der Waals surface area contributed by atoms with Gasteiger partial charge in [-0.2, -0.15) is 0 Å². The minimum Gasteiger partial charge on any atom is -0.481 e. The minimum absolute atomic E-state index is 0.441. The van der Waals surface area contributed by atoms with E-state index in [0.29, 0.717) is 5.92 Å². The number of aliphatic carboxylic acids is 1. The zero-order valence-corrected chi connectivity index (χ0v) is 7.67. The lowest BCUT2D eigenvalue weighted by Crippen LogP contribution is -2.26. The number of carbonyl (C=O) groups is 1. The van der Waals surface area contributed by atoms with Crippen molar-refractivity contribution in [2.24, 2.45) is 11.3 Å². The highest BCUT2D eigenvalue weighted by Crippen LogP contribution is 2.29. The van der Waals surface area contributed by atoms with Crippen LogP contribution in [-0.4, -0.2) is 24.3 Å². The summed E-state index contributed by atoms with van der Waals surface area (Å²) in [4.78, 5) is 10.8. The summed E-state index contributed by atoms with van der Waals surface area (Å²) in [5, 5.41) is 8.86. The molecule has 1 heterocycles. The average Bonchev–Trinajstić information content (AvgIpc) is 2.38. The third kappa shape index (κ3) is 2.21. The third-order valence-electron chi connectivity index (χ3n) is 2.40. The van der Waals surface area contributed by atoms with Gasteiger partial charge in [-0.3, -0.25) is 4.79 Å². The summed E-state index contributed by atoms with van der Waals surface area (Å²) in [7, 11) is 0. The van der Waals surface area contributed by atoms with Gasteiger partial charge in [-0.25, -0.2) is 0 Å². The maximum Gasteiger partial charge on any atom is 0.309 e. The first-order valence-electron chi connectivity index (χ1n) is 4.33. The summed E-state index contributed by atoms with van der Waals surface area (Å²) in [5.41, 5.74) is -0.599. The summed E-state index contributed by atoms with van der Waals surface area (Å²) in [6.45, 7) is 5.07. The van der Waals surface area contributed by atoms with E-state index in [1.165, 1.54) is 0 Å². The fourth-order valence-corrected chi connectivity index (χ4v) is 1.55. The van der Waals surface area contributed by atoms with Gasteiger partial charge in [0.05, 0.1) is 5.41 Å². The molecule has 0 bridgehead atoms. The van der Waals surface area contributed by atoms with E-state index in [4.69, 9.17) is 9.84 Å². The van der Waals surface area contributed by atoms with Gasteiger partial charge in [-0.05, 0) is 32.6 Å². The van der Waals surface area contributed by atoms with Gasteiger partial charge >= 0.3 is 5.97 Å². The molecule has 0 radical (unpaired) electrons. The summed E-state index contributed by atoms with van der Waals surface area (Å²) < 4.78 is 5.19. The molecule has 0 aromatic heterocycles. The molecule has 1 rings (SSSR count). The molecule has 3 heteroatoms. The van der Waals surface area contributed by atoms with Crippen LogP contribution in [0.25, 0.3) is 0 Å². The SMILES string of the molecule is CC(C)(C[C@@H]1CCOC1)C(=O)O. The van der Waals surface area contributed by atoms with Crippen molar-refractivity contribution in [1.29, 1.82) is 0 Å². The Morgan fingerprint density at radius 1 is 1.67 bits per heavy atom. The molecule has 1 fully saturated rings. The predicted molar refractivity (Wildman–Crippen MR) is 45.0 cm³/mol. The fraction of sp³-hybridized carbons (Fsp3) is 0.889. The Balaban J connectivity index is 2.42. The van der Waals surface area contributed by atoms with E-state index in [1.54, 1.807) is 13.8 Å². The monoisotopic (exact) mass is 172 g/mol. The molecule has 0 aromatic carbocycles. The molecule has 12 heavy (non-hydrogen) atoms.